The fourth-order valence-electron chi connectivity index (χ4n) is 3.37. The Morgan fingerprint density at radius 1 is 1.11 bits per heavy atom. The third-order valence-corrected chi connectivity index (χ3v) is 4.84. The summed E-state index contributed by atoms with van der Waals surface area (Å²) in [6.07, 6.45) is 3.39. The molecule has 0 amide bonds. The van der Waals surface area contributed by atoms with Gasteiger partial charge in [0.15, 0.2) is 5.58 Å². The summed E-state index contributed by atoms with van der Waals surface area (Å²) in [6.45, 7) is 1.91. The van der Waals surface area contributed by atoms with Crippen LogP contribution in [0.3, 0.4) is 0 Å². The van der Waals surface area contributed by atoms with Crippen molar-refractivity contribution in [1.82, 2.24) is 19.7 Å². The number of anilines is 1. The van der Waals surface area contributed by atoms with Crippen molar-refractivity contribution in [3.8, 4) is 11.3 Å². The van der Waals surface area contributed by atoms with Gasteiger partial charge in [0.05, 0.1) is 12.2 Å². The maximum absolute atomic E-state index is 13.3. The summed E-state index contributed by atoms with van der Waals surface area (Å²) in [4.78, 5) is 22.5. The van der Waals surface area contributed by atoms with E-state index in [1.165, 1.54) is 22.9 Å². The van der Waals surface area contributed by atoms with Crippen LogP contribution in [0.25, 0.3) is 22.4 Å². The zero-order valence-electron chi connectivity index (χ0n) is 14.8. The predicted octanol–water partition coefficient (Wildman–Crippen LogP) is 2.72. The van der Waals surface area contributed by atoms with E-state index in [1.807, 2.05) is 17.0 Å². The number of rotatable bonds is 4. The quantitative estimate of drug-likeness (QED) is 0.544. The molecule has 0 radical (unpaired) electrons. The Kier molecular flexibility index (Phi) is 3.89. The number of pyridine rings is 1. The normalized spacial score (nSPS) is 14.4. The molecule has 140 valence electrons. The van der Waals surface area contributed by atoms with Gasteiger partial charge in [-0.2, -0.15) is 10.1 Å². The highest BCUT2D eigenvalue weighted by atomic mass is 19.1. The minimum atomic E-state index is -0.339. The third-order valence-electron chi connectivity index (χ3n) is 4.84. The van der Waals surface area contributed by atoms with Crippen molar-refractivity contribution < 1.29 is 8.81 Å². The van der Waals surface area contributed by atoms with Crippen LogP contribution in [-0.4, -0.2) is 32.8 Å². The molecule has 8 heteroatoms. The van der Waals surface area contributed by atoms with Crippen molar-refractivity contribution in [3.05, 3.63) is 71.0 Å². The zero-order chi connectivity index (χ0) is 19.1. The summed E-state index contributed by atoms with van der Waals surface area (Å²) in [5.74, 6) is -0.0852. The van der Waals surface area contributed by atoms with Crippen molar-refractivity contribution in [3.63, 3.8) is 0 Å². The van der Waals surface area contributed by atoms with Gasteiger partial charge in [0, 0.05) is 49.1 Å². The maximum Gasteiger partial charge on any atom is 0.298 e. The number of fused-ring (bicyclic) bond motifs is 1. The van der Waals surface area contributed by atoms with E-state index in [-0.39, 0.29) is 17.3 Å². The van der Waals surface area contributed by atoms with Crippen molar-refractivity contribution >= 4 is 17.1 Å². The monoisotopic (exact) mass is 377 g/mol. The predicted molar refractivity (Wildman–Crippen MR) is 101 cm³/mol. The standard InChI is InChI=1S/C20H16FN5O2/c21-15-1-3-18-17(9-15)23-20(28-18)25-10-13(11-25)12-26-19(27)4-2-16(24-26)14-5-7-22-8-6-14/h1-9,13H,10-12H2. The van der Waals surface area contributed by atoms with E-state index in [9.17, 15) is 9.18 Å². The van der Waals surface area contributed by atoms with Crippen LogP contribution in [0.15, 0.2) is 64.1 Å². The Hall–Kier alpha value is -3.55. The van der Waals surface area contributed by atoms with Crippen LogP contribution in [0.5, 0.6) is 0 Å². The van der Waals surface area contributed by atoms with Gasteiger partial charge in [-0.25, -0.2) is 9.07 Å². The molecule has 1 aliphatic rings. The number of nitrogens with zero attached hydrogens (tertiary/aromatic N) is 5. The van der Waals surface area contributed by atoms with E-state index in [0.29, 0.717) is 36.7 Å². The molecule has 3 aromatic heterocycles. The molecule has 0 aliphatic carbocycles. The van der Waals surface area contributed by atoms with Crippen LogP contribution >= 0.6 is 0 Å². The Balaban J connectivity index is 1.30. The second-order valence-corrected chi connectivity index (χ2v) is 6.85. The molecule has 1 aromatic carbocycles. The smallest absolute Gasteiger partial charge is 0.298 e. The second kappa shape index (κ2) is 6.56. The summed E-state index contributed by atoms with van der Waals surface area (Å²) in [5, 5.41) is 4.48. The number of hydrogen-bond acceptors (Lipinski definition) is 6. The minimum absolute atomic E-state index is 0.131. The van der Waals surface area contributed by atoms with E-state index in [0.717, 1.165) is 11.3 Å². The van der Waals surface area contributed by atoms with Gasteiger partial charge >= 0.3 is 0 Å². The van der Waals surface area contributed by atoms with Crippen molar-refractivity contribution in [1.29, 1.82) is 0 Å². The lowest BCUT2D eigenvalue weighted by Crippen LogP contribution is -2.49. The van der Waals surface area contributed by atoms with E-state index in [4.69, 9.17) is 4.42 Å². The van der Waals surface area contributed by atoms with Crippen LogP contribution in [0.2, 0.25) is 0 Å². The van der Waals surface area contributed by atoms with Gasteiger partial charge in [-0.3, -0.25) is 9.78 Å². The average Bonchev–Trinajstić information content (AvgIpc) is 3.08. The molecule has 1 fully saturated rings. The highest BCUT2D eigenvalue weighted by Gasteiger charge is 2.31. The molecule has 0 N–H and O–H groups in total. The van der Waals surface area contributed by atoms with E-state index in [2.05, 4.69) is 15.1 Å². The molecule has 1 aliphatic heterocycles. The van der Waals surface area contributed by atoms with Crippen molar-refractivity contribution in [2.45, 2.75) is 6.54 Å². The van der Waals surface area contributed by atoms with E-state index < -0.39 is 0 Å². The van der Waals surface area contributed by atoms with Gasteiger partial charge in [0.2, 0.25) is 0 Å². The number of benzene rings is 1. The third kappa shape index (κ3) is 3.02. The molecule has 0 unspecified atom stereocenters. The first-order chi connectivity index (χ1) is 13.7. The van der Waals surface area contributed by atoms with Crippen LogP contribution in [0, 0.1) is 11.7 Å². The van der Waals surface area contributed by atoms with E-state index >= 15 is 0 Å². The first-order valence-corrected chi connectivity index (χ1v) is 8.95. The minimum Gasteiger partial charge on any atom is -0.423 e. The first-order valence-electron chi connectivity index (χ1n) is 8.95. The molecule has 0 bridgehead atoms. The van der Waals surface area contributed by atoms with Gasteiger partial charge in [-0.15, -0.1) is 0 Å². The molecule has 28 heavy (non-hydrogen) atoms. The summed E-state index contributed by atoms with van der Waals surface area (Å²) in [6, 6.07) is 11.7. The van der Waals surface area contributed by atoms with Gasteiger partial charge in [-0.05, 0) is 30.3 Å². The molecule has 0 saturated carbocycles. The van der Waals surface area contributed by atoms with Gasteiger partial charge in [0.1, 0.15) is 11.3 Å². The van der Waals surface area contributed by atoms with Gasteiger partial charge in [-0.1, -0.05) is 0 Å². The second-order valence-electron chi connectivity index (χ2n) is 6.85. The first kappa shape index (κ1) is 16.6. The average molecular weight is 377 g/mol. The van der Waals surface area contributed by atoms with Crippen molar-refractivity contribution in [2.75, 3.05) is 18.0 Å². The highest BCUT2D eigenvalue weighted by Crippen LogP contribution is 2.28. The molecule has 0 spiro atoms. The lowest BCUT2D eigenvalue weighted by Gasteiger charge is -2.37. The molecule has 1 saturated heterocycles. The summed E-state index contributed by atoms with van der Waals surface area (Å²) >= 11 is 0. The topological polar surface area (TPSA) is 77.1 Å². The van der Waals surface area contributed by atoms with Gasteiger partial charge in [0.25, 0.3) is 11.6 Å². The van der Waals surface area contributed by atoms with Crippen LogP contribution in [0.4, 0.5) is 10.4 Å². The number of aromatic nitrogens is 4. The zero-order valence-corrected chi connectivity index (χ0v) is 14.8. The van der Waals surface area contributed by atoms with Crippen LogP contribution < -0.4 is 10.5 Å². The largest absolute Gasteiger partial charge is 0.423 e. The summed E-state index contributed by atoms with van der Waals surface area (Å²) in [5.41, 5.74) is 2.58. The Bertz CT molecular complexity index is 1200. The number of halogens is 1. The fraction of sp³-hybridized carbons (Fsp3) is 0.200. The Morgan fingerprint density at radius 2 is 1.93 bits per heavy atom. The summed E-state index contributed by atoms with van der Waals surface area (Å²) in [7, 11) is 0. The maximum atomic E-state index is 13.3. The SMILES string of the molecule is O=c1ccc(-c2ccncc2)nn1CC1CN(c2nc3cc(F)ccc3o2)C1. The number of hydrogen-bond donors (Lipinski definition) is 0. The van der Waals surface area contributed by atoms with E-state index in [1.54, 1.807) is 24.5 Å². The molecule has 7 nitrogen and oxygen atoms in total. The van der Waals surface area contributed by atoms with Crippen LogP contribution in [0.1, 0.15) is 0 Å². The fourth-order valence-corrected chi connectivity index (χ4v) is 3.37. The molecular weight excluding hydrogens is 361 g/mol. The Labute approximate surface area is 159 Å². The summed E-state index contributed by atoms with van der Waals surface area (Å²) < 4.78 is 20.5. The molecule has 4 heterocycles. The van der Waals surface area contributed by atoms with Crippen molar-refractivity contribution in [2.24, 2.45) is 5.92 Å². The molecule has 5 rings (SSSR count). The molecule has 4 aromatic rings. The van der Waals surface area contributed by atoms with Crippen LogP contribution in [-0.2, 0) is 6.54 Å². The number of oxazole rings is 1. The Morgan fingerprint density at radius 3 is 2.75 bits per heavy atom. The lowest BCUT2D eigenvalue weighted by atomic mass is 10.0. The molecule has 0 atom stereocenters. The highest BCUT2D eigenvalue weighted by molar-refractivity contribution is 5.74. The molecular formula is C20H16FN5O2. The lowest BCUT2D eigenvalue weighted by molar-refractivity contribution is 0.319. The van der Waals surface area contributed by atoms with Gasteiger partial charge < -0.3 is 9.32 Å².